The first kappa shape index (κ1) is 22.3. The number of carbonyl (C=O) groups excluding carboxylic acids is 1. The zero-order valence-electron chi connectivity index (χ0n) is 15.2. The number of likely N-dealkylation sites (tertiary alicyclic amines) is 1. The molecular weight excluding hydrogens is 405 g/mol. The molecule has 3 N–H and O–H groups in total. The second kappa shape index (κ2) is 9.47. The number of amides is 1. The topological polar surface area (TPSA) is 92.5 Å². The van der Waals surface area contributed by atoms with Gasteiger partial charge in [0, 0.05) is 31.2 Å². The maximum Gasteiger partial charge on any atom is 0.253 e. The number of hydrogen-bond donors (Lipinski definition) is 2. The quantitative estimate of drug-likeness (QED) is 0.765. The molecule has 9 heteroatoms. The van der Waals surface area contributed by atoms with Crippen molar-refractivity contribution < 1.29 is 17.6 Å². The van der Waals surface area contributed by atoms with Crippen LogP contribution < -0.4 is 10.5 Å². The number of carbonyl (C=O) groups is 1. The second-order valence-electron chi connectivity index (χ2n) is 6.54. The Balaban J connectivity index is 0.00000280. The predicted molar refractivity (Wildman–Crippen MR) is 107 cm³/mol. The summed E-state index contributed by atoms with van der Waals surface area (Å²) < 4.78 is 40.4. The van der Waals surface area contributed by atoms with E-state index in [9.17, 15) is 17.6 Å². The van der Waals surface area contributed by atoms with Gasteiger partial charge in [0.15, 0.2) is 0 Å². The number of benzene rings is 2. The molecule has 0 bridgehead atoms. The maximum absolute atomic E-state index is 13.0. The zero-order chi connectivity index (χ0) is 19.4. The summed E-state index contributed by atoms with van der Waals surface area (Å²) in [6.45, 7) is 1.36. The zero-order valence-corrected chi connectivity index (χ0v) is 16.8. The Bertz CT molecular complexity index is 897. The van der Waals surface area contributed by atoms with Crippen molar-refractivity contribution in [2.24, 2.45) is 5.73 Å². The molecule has 3 rings (SSSR count). The molecule has 0 radical (unpaired) electrons. The highest BCUT2D eigenvalue weighted by Gasteiger charge is 2.27. The van der Waals surface area contributed by atoms with E-state index in [1.165, 1.54) is 12.1 Å². The van der Waals surface area contributed by atoms with Crippen molar-refractivity contribution in [2.45, 2.75) is 30.3 Å². The number of nitrogens with two attached hydrogens (primary N) is 1. The highest BCUT2D eigenvalue weighted by molar-refractivity contribution is 7.89. The van der Waals surface area contributed by atoms with Crippen molar-refractivity contribution in [1.82, 2.24) is 9.62 Å². The number of sulfonamides is 1. The van der Waals surface area contributed by atoms with Crippen LogP contribution in [0.25, 0.3) is 0 Å². The van der Waals surface area contributed by atoms with Gasteiger partial charge in [0.25, 0.3) is 5.91 Å². The van der Waals surface area contributed by atoms with Crippen LogP contribution in [-0.2, 0) is 16.6 Å². The highest BCUT2D eigenvalue weighted by atomic mass is 35.5. The summed E-state index contributed by atoms with van der Waals surface area (Å²) in [7, 11) is -3.71. The Morgan fingerprint density at radius 3 is 2.18 bits per heavy atom. The molecule has 0 saturated carbocycles. The van der Waals surface area contributed by atoms with Gasteiger partial charge < -0.3 is 10.6 Å². The van der Waals surface area contributed by atoms with Gasteiger partial charge >= 0.3 is 0 Å². The van der Waals surface area contributed by atoms with E-state index in [1.54, 1.807) is 17.0 Å². The lowest BCUT2D eigenvalue weighted by Crippen LogP contribution is -2.46. The standard InChI is InChI=1S/C19H22FN3O3S.ClH/c20-16-5-7-18(8-6-16)27(25,26)22-17-9-11-23(12-10-17)19(24)15-3-1-14(13-21)2-4-15;/h1-8,17,22H,9-13,21H2;1H. The Labute approximate surface area is 170 Å². The molecule has 1 aliphatic heterocycles. The van der Waals surface area contributed by atoms with Crippen molar-refractivity contribution in [3.8, 4) is 0 Å². The molecule has 1 fully saturated rings. The van der Waals surface area contributed by atoms with Gasteiger partial charge in [-0.1, -0.05) is 12.1 Å². The average molecular weight is 428 g/mol. The molecule has 1 saturated heterocycles. The number of nitrogens with zero attached hydrogens (tertiary/aromatic N) is 1. The van der Waals surface area contributed by atoms with E-state index in [-0.39, 0.29) is 29.3 Å². The van der Waals surface area contributed by atoms with Crippen molar-refractivity contribution in [3.63, 3.8) is 0 Å². The molecule has 28 heavy (non-hydrogen) atoms. The summed E-state index contributed by atoms with van der Waals surface area (Å²) >= 11 is 0. The molecule has 0 atom stereocenters. The van der Waals surface area contributed by atoms with Crippen LogP contribution >= 0.6 is 12.4 Å². The number of hydrogen-bond acceptors (Lipinski definition) is 4. The minimum Gasteiger partial charge on any atom is -0.339 e. The van der Waals surface area contributed by atoms with Crippen LogP contribution in [0, 0.1) is 5.82 Å². The maximum atomic E-state index is 13.0. The molecule has 1 amide bonds. The molecule has 6 nitrogen and oxygen atoms in total. The Hall–Kier alpha value is -2.00. The van der Waals surface area contributed by atoms with Crippen molar-refractivity contribution in [2.75, 3.05) is 13.1 Å². The van der Waals surface area contributed by atoms with Crippen molar-refractivity contribution in [3.05, 3.63) is 65.5 Å². The lowest BCUT2D eigenvalue weighted by molar-refractivity contribution is 0.0711. The SMILES string of the molecule is Cl.NCc1ccc(C(=O)N2CCC(NS(=O)(=O)c3ccc(F)cc3)CC2)cc1. The molecule has 1 aliphatic rings. The first-order valence-corrected chi connectivity index (χ1v) is 10.2. The number of halogens is 2. The van der Waals surface area contributed by atoms with Crippen LogP contribution in [0.2, 0.25) is 0 Å². The molecule has 2 aromatic rings. The summed E-state index contributed by atoms with van der Waals surface area (Å²) in [5.74, 6) is -0.557. The molecule has 2 aromatic carbocycles. The fraction of sp³-hybridized carbons (Fsp3) is 0.316. The van der Waals surface area contributed by atoms with Gasteiger partial charge in [0.1, 0.15) is 5.82 Å². The molecule has 1 heterocycles. The number of piperidine rings is 1. The average Bonchev–Trinajstić information content (AvgIpc) is 2.68. The highest BCUT2D eigenvalue weighted by Crippen LogP contribution is 2.17. The van der Waals surface area contributed by atoms with Crippen LogP contribution in [0.4, 0.5) is 4.39 Å². The molecule has 0 spiro atoms. The minimum atomic E-state index is -3.71. The van der Waals surface area contributed by atoms with E-state index in [2.05, 4.69) is 4.72 Å². The van der Waals surface area contributed by atoms with Crippen molar-refractivity contribution >= 4 is 28.3 Å². The summed E-state index contributed by atoms with van der Waals surface area (Å²) in [4.78, 5) is 14.3. The third-order valence-corrected chi connectivity index (χ3v) is 6.20. The summed E-state index contributed by atoms with van der Waals surface area (Å²) in [5, 5.41) is 0. The third-order valence-electron chi connectivity index (χ3n) is 4.66. The van der Waals surface area contributed by atoms with E-state index >= 15 is 0 Å². The molecule has 0 unspecified atom stereocenters. The monoisotopic (exact) mass is 427 g/mol. The van der Waals surface area contributed by atoms with Crippen LogP contribution in [0.1, 0.15) is 28.8 Å². The first-order chi connectivity index (χ1) is 12.9. The molecule has 152 valence electrons. The molecule has 0 aliphatic carbocycles. The number of rotatable bonds is 5. The van der Waals surface area contributed by atoms with Crippen LogP contribution in [0.3, 0.4) is 0 Å². The van der Waals surface area contributed by atoms with Gasteiger partial charge in [-0.05, 0) is 54.8 Å². The van der Waals surface area contributed by atoms with Gasteiger partial charge in [-0.25, -0.2) is 17.5 Å². The van der Waals surface area contributed by atoms with Gasteiger partial charge in [-0.3, -0.25) is 4.79 Å². The first-order valence-electron chi connectivity index (χ1n) is 8.75. The van der Waals surface area contributed by atoms with E-state index < -0.39 is 15.8 Å². The fourth-order valence-electron chi connectivity index (χ4n) is 3.07. The summed E-state index contributed by atoms with van der Waals surface area (Å²) in [6, 6.07) is 11.6. The summed E-state index contributed by atoms with van der Waals surface area (Å²) in [5.41, 5.74) is 7.12. The lowest BCUT2D eigenvalue weighted by Gasteiger charge is -2.32. The Kier molecular flexibility index (Phi) is 7.54. The van der Waals surface area contributed by atoms with Gasteiger partial charge in [-0.15, -0.1) is 12.4 Å². The van der Waals surface area contributed by atoms with Crippen LogP contribution in [-0.4, -0.2) is 38.4 Å². The van der Waals surface area contributed by atoms with Crippen LogP contribution in [0.5, 0.6) is 0 Å². The largest absolute Gasteiger partial charge is 0.339 e. The number of nitrogens with one attached hydrogen (secondary N) is 1. The van der Waals surface area contributed by atoms with Gasteiger partial charge in [0.05, 0.1) is 4.90 Å². The second-order valence-corrected chi connectivity index (χ2v) is 8.26. The minimum absolute atomic E-state index is 0. The van der Waals surface area contributed by atoms with E-state index in [0.717, 1.165) is 17.7 Å². The molecule has 0 aromatic heterocycles. The van der Waals surface area contributed by atoms with E-state index in [4.69, 9.17) is 5.73 Å². The Morgan fingerprint density at radius 2 is 1.64 bits per heavy atom. The lowest BCUT2D eigenvalue weighted by atomic mass is 10.0. The van der Waals surface area contributed by atoms with Gasteiger partial charge in [0.2, 0.25) is 10.0 Å². The van der Waals surface area contributed by atoms with E-state index in [1.807, 2.05) is 12.1 Å². The van der Waals surface area contributed by atoms with Crippen molar-refractivity contribution in [1.29, 1.82) is 0 Å². The predicted octanol–water partition coefficient (Wildman–Crippen LogP) is 2.29. The van der Waals surface area contributed by atoms with Gasteiger partial charge in [-0.2, -0.15) is 0 Å². The van der Waals surface area contributed by atoms with E-state index in [0.29, 0.717) is 38.0 Å². The third kappa shape index (κ3) is 5.29. The smallest absolute Gasteiger partial charge is 0.253 e. The van der Waals surface area contributed by atoms with Crippen LogP contribution in [0.15, 0.2) is 53.4 Å². The molecular formula is C19H23ClFN3O3S. The summed E-state index contributed by atoms with van der Waals surface area (Å²) in [6.07, 6.45) is 1.04. The normalized spacial score (nSPS) is 15.1. The fourth-order valence-corrected chi connectivity index (χ4v) is 4.37. The Morgan fingerprint density at radius 1 is 1.07 bits per heavy atom.